The minimum absolute atomic E-state index is 0.118. The summed E-state index contributed by atoms with van der Waals surface area (Å²) in [6.07, 6.45) is 2.79. The third-order valence-electron chi connectivity index (χ3n) is 5.44. The number of aromatic nitrogens is 3. The number of benzene rings is 2. The summed E-state index contributed by atoms with van der Waals surface area (Å²) in [7, 11) is 1.51. The SMILES string of the molecule is COc1cnc2c(-c3nc4cc(F)c(OC5CCCC5O)cc4s3)cc(CO)cc2n1. The van der Waals surface area contributed by atoms with E-state index in [0.29, 0.717) is 51.4 Å². The zero-order valence-electron chi connectivity index (χ0n) is 16.7. The van der Waals surface area contributed by atoms with Gasteiger partial charge in [0.25, 0.3) is 0 Å². The Morgan fingerprint density at radius 2 is 2.03 bits per heavy atom. The largest absolute Gasteiger partial charge is 0.485 e. The normalized spacial score (nSPS) is 18.7. The van der Waals surface area contributed by atoms with Gasteiger partial charge >= 0.3 is 0 Å². The van der Waals surface area contributed by atoms with Gasteiger partial charge in [0.2, 0.25) is 5.88 Å². The first-order valence-corrected chi connectivity index (χ1v) is 10.8. The third-order valence-corrected chi connectivity index (χ3v) is 6.50. The average Bonchev–Trinajstić information content (AvgIpc) is 3.38. The molecule has 0 amide bonds. The average molecular weight is 441 g/mol. The molecule has 2 N–H and O–H groups in total. The summed E-state index contributed by atoms with van der Waals surface area (Å²) in [4.78, 5) is 13.5. The summed E-state index contributed by atoms with van der Waals surface area (Å²) in [6.45, 7) is -0.164. The van der Waals surface area contributed by atoms with Crippen molar-refractivity contribution in [3.8, 4) is 22.2 Å². The Morgan fingerprint density at radius 3 is 2.77 bits per heavy atom. The van der Waals surface area contributed by atoms with Gasteiger partial charge in [-0.2, -0.15) is 0 Å². The van der Waals surface area contributed by atoms with Crippen LogP contribution in [-0.4, -0.2) is 44.5 Å². The van der Waals surface area contributed by atoms with E-state index in [9.17, 15) is 14.6 Å². The van der Waals surface area contributed by atoms with Crippen molar-refractivity contribution in [2.75, 3.05) is 7.11 Å². The lowest BCUT2D eigenvalue weighted by Crippen LogP contribution is -2.25. The molecule has 1 saturated carbocycles. The zero-order chi connectivity index (χ0) is 21.5. The van der Waals surface area contributed by atoms with E-state index in [1.54, 1.807) is 12.1 Å². The Kier molecular flexibility index (Phi) is 5.17. The van der Waals surface area contributed by atoms with Crippen molar-refractivity contribution in [1.29, 1.82) is 0 Å². The molecule has 0 spiro atoms. The molecule has 1 aliphatic carbocycles. The van der Waals surface area contributed by atoms with Gasteiger partial charge in [-0.1, -0.05) is 0 Å². The fraction of sp³-hybridized carbons (Fsp3) is 0.318. The molecular formula is C22H20FN3O4S. The predicted molar refractivity (Wildman–Crippen MR) is 115 cm³/mol. The van der Waals surface area contributed by atoms with Gasteiger partial charge in [0.15, 0.2) is 11.6 Å². The van der Waals surface area contributed by atoms with Crippen molar-refractivity contribution in [2.45, 2.75) is 38.1 Å². The standard InChI is InChI=1S/C22H20FN3O4S/c1-29-20-9-24-21-12(5-11(10-27)6-15(21)25-20)22-26-14-7-13(23)18(8-19(14)31-22)30-17-4-2-3-16(17)28/h5-9,16-17,27-28H,2-4,10H2,1H3. The molecule has 4 aromatic rings. The smallest absolute Gasteiger partial charge is 0.232 e. The summed E-state index contributed by atoms with van der Waals surface area (Å²) in [5, 5.41) is 20.3. The monoisotopic (exact) mass is 441 g/mol. The number of hydrogen-bond acceptors (Lipinski definition) is 8. The maximum absolute atomic E-state index is 14.7. The summed E-state index contributed by atoms with van der Waals surface area (Å²) in [5.74, 6) is -0.0232. The number of nitrogens with zero attached hydrogens (tertiary/aromatic N) is 3. The number of aliphatic hydroxyl groups is 2. The van der Waals surface area contributed by atoms with E-state index < -0.39 is 18.0 Å². The van der Waals surface area contributed by atoms with Gasteiger partial charge in [-0.25, -0.2) is 19.3 Å². The maximum atomic E-state index is 14.7. The van der Waals surface area contributed by atoms with Gasteiger partial charge in [-0.3, -0.25) is 0 Å². The molecule has 0 radical (unpaired) electrons. The Labute approximate surface area is 181 Å². The van der Waals surface area contributed by atoms with Crippen LogP contribution in [0.15, 0.2) is 30.5 Å². The number of hydrogen-bond donors (Lipinski definition) is 2. The van der Waals surface area contributed by atoms with Crippen LogP contribution < -0.4 is 9.47 Å². The molecule has 0 saturated heterocycles. The first kappa shape index (κ1) is 20.0. The molecule has 1 aliphatic rings. The lowest BCUT2D eigenvalue weighted by molar-refractivity contribution is 0.0580. The number of halogens is 1. The van der Waals surface area contributed by atoms with Gasteiger partial charge in [0, 0.05) is 17.7 Å². The van der Waals surface area contributed by atoms with Crippen molar-refractivity contribution in [1.82, 2.24) is 15.0 Å². The van der Waals surface area contributed by atoms with E-state index in [1.807, 2.05) is 6.07 Å². The molecule has 2 atom stereocenters. The van der Waals surface area contributed by atoms with E-state index in [4.69, 9.17) is 9.47 Å². The molecule has 0 aliphatic heterocycles. The topological polar surface area (TPSA) is 97.6 Å². The van der Waals surface area contributed by atoms with Crippen LogP contribution in [0.2, 0.25) is 0 Å². The Balaban J connectivity index is 1.59. The third kappa shape index (κ3) is 3.69. The fourth-order valence-corrected chi connectivity index (χ4v) is 4.85. The van der Waals surface area contributed by atoms with Crippen LogP contribution in [0.25, 0.3) is 31.8 Å². The lowest BCUT2D eigenvalue weighted by Gasteiger charge is -2.17. The van der Waals surface area contributed by atoms with Crippen LogP contribution in [0.3, 0.4) is 0 Å². The number of methoxy groups -OCH3 is 1. The van der Waals surface area contributed by atoms with E-state index >= 15 is 0 Å². The molecule has 7 nitrogen and oxygen atoms in total. The van der Waals surface area contributed by atoms with Crippen LogP contribution >= 0.6 is 11.3 Å². The molecular weight excluding hydrogens is 421 g/mol. The minimum atomic E-state index is -0.574. The molecule has 160 valence electrons. The summed E-state index contributed by atoms with van der Waals surface area (Å²) >= 11 is 1.37. The van der Waals surface area contributed by atoms with Gasteiger partial charge in [-0.05, 0) is 37.0 Å². The number of rotatable bonds is 5. The minimum Gasteiger partial charge on any atom is -0.485 e. The highest BCUT2D eigenvalue weighted by molar-refractivity contribution is 7.21. The molecule has 2 aromatic heterocycles. The van der Waals surface area contributed by atoms with Crippen molar-refractivity contribution >= 4 is 32.6 Å². The molecule has 0 bridgehead atoms. The second-order valence-electron chi connectivity index (χ2n) is 7.51. The van der Waals surface area contributed by atoms with E-state index in [-0.39, 0.29) is 12.4 Å². The van der Waals surface area contributed by atoms with E-state index in [2.05, 4.69) is 15.0 Å². The van der Waals surface area contributed by atoms with Crippen LogP contribution in [0.4, 0.5) is 4.39 Å². The van der Waals surface area contributed by atoms with E-state index in [0.717, 1.165) is 11.1 Å². The summed E-state index contributed by atoms with van der Waals surface area (Å²) < 4.78 is 26.3. The zero-order valence-corrected chi connectivity index (χ0v) is 17.5. The molecule has 9 heteroatoms. The van der Waals surface area contributed by atoms with Crippen LogP contribution in [-0.2, 0) is 6.61 Å². The second-order valence-corrected chi connectivity index (χ2v) is 8.54. The Bertz CT molecular complexity index is 1270. The van der Waals surface area contributed by atoms with Crippen LogP contribution in [0, 0.1) is 5.82 Å². The molecule has 2 aromatic carbocycles. The van der Waals surface area contributed by atoms with Crippen molar-refractivity contribution in [2.24, 2.45) is 0 Å². The van der Waals surface area contributed by atoms with Crippen LogP contribution in [0.1, 0.15) is 24.8 Å². The summed E-state index contributed by atoms with van der Waals surface area (Å²) in [6, 6.07) is 6.53. The fourth-order valence-electron chi connectivity index (χ4n) is 3.86. The van der Waals surface area contributed by atoms with Crippen LogP contribution in [0.5, 0.6) is 11.6 Å². The van der Waals surface area contributed by atoms with Crippen molar-refractivity contribution < 1.29 is 24.1 Å². The Morgan fingerprint density at radius 1 is 1.16 bits per heavy atom. The number of aliphatic hydroxyl groups excluding tert-OH is 2. The first-order valence-electron chi connectivity index (χ1n) is 9.95. The number of thiazole rings is 1. The van der Waals surface area contributed by atoms with Gasteiger partial charge in [0.05, 0.1) is 47.3 Å². The molecule has 2 heterocycles. The van der Waals surface area contributed by atoms with Crippen molar-refractivity contribution in [3.63, 3.8) is 0 Å². The first-order chi connectivity index (χ1) is 15.1. The number of ether oxygens (including phenoxy) is 2. The highest BCUT2D eigenvalue weighted by Crippen LogP contribution is 2.38. The number of fused-ring (bicyclic) bond motifs is 2. The molecule has 1 fully saturated rings. The molecule has 2 unspecified atom stereocenters. The van der Waals surface area contributed by atoms with Gasteiger partial charge in [0.1, 0.15) is 11.1 Å². The molecule has 31 heavy (non-hydrogen) atoms. The van der Waals surface area contributed by atoms with Crippen molar-refractivity contribution in [3.05, 3.63) is 41.8 Å². The molecule has 5 rings (SSSR count). The highest BCUT2D eigenvalue weighted by Gasteiger charge is 2.28. The quantitative estimate of drug-likeness (QED) is 0.486. The lowest BCUT2D eigenvalue weighted by atomic mass is 10.1. The summed E-state index contributed by atoms with van der Waals surface area (Å²) in [5.41, 5.74) is 3.05. The van der Waals surface area contributed by atoms with Gasteiger partial charge in [-0.15, -0.1) is 11.3 Å². The Hall–Kier alpha value is -2.88. The highest BCUT2D eigenvalue weighted by atomic mass is 32.1. The predicted octanol–water partition coefficient (Wildman–Crippen LogP) is 3.84. The van der Waals surface area contributed by atoms with E-state index in [1.165, 1.54) is 30.7 Å². The maximum Gasteiger partial charge on any atom is 0.232 e. The van der Waals surface area contributed by atoms with Gasteiger partial charge < -0.3 is 19.7 Å². The second kappa shape index (κ2) is 7.99.